The van der Waals surface area contributed by atoms with E-state index in [9.17, 15) is 4.79 Å². The fraction of sp³-hybridized carbons (Fsp3) is 0.462. The number of nitrogens with one attached hydrogen (secondary N) is 1. The predicted octanol–water partition coefficient (Wildman–Crippen LogP) is -0.0810. The first-order valence-corrected chi connectivity index (χ1v) is 6.87. The Balaban J connectivity index is 2.54. The summed E-state index contributed by atoms with van der Waals surface area (Å²) in [6.45, 7) is 0.419. The molecule has 1 aromatic rings. The largest absolute Gasteiger partial charge is 0.394 e. The molecule has 1 amide bonds. The molecule has 4 N–H and O–H groups in total. The van der Waals surface area contributed by atoms with Gasteiger partial charge in [0, 0.05) is 4.90 Å². The van der Waals surface area contributed by atoms with Crippen molar-refractivity contribution in [2.24, 2.45) is 0 Å². The minimum Gasteiger partial charge on any atom is -0.394 e. The third-order valence-electron chi connectivity index (χ3n) is 2.76. The molecule has 6 heteroatoms. The third kappa shape index (κ3) is 4.50. The Morgan fingerprint density at radius 2 is 1.79 bits per heavy atom. The maximum Gasteiger partial charge on any atom is 0.231 e. The van der Waals surface area contributed by atoms with E-state index in [-0.39, 0.29) is 11.7 Å². The Labute approximate surface area is 116 Å². The van der Waals surface area contributed by atoms with Gasteiger partial charge in [0.05, 0.1) is 25.6 Å². The third-order valence-corrected chi connectivity index (χ3v) is 3.94. The van der Waals surface area contributed by atoms with Crippen LogP contribution in [0.1, 0.15) is 5.56 Å². The molecule has 1 rings (SSSR count). The highest BCUT2D eigenvalue weighted by Crippen LogP contribution is 2.21. The van der Waals surface area contributed by atoms with E-state index in [0.29, 0.717) is 0 Å². The van der Waals surface area contributed by atoms with Gasteiger partial charge in [0.2, 0.25) is 5.91 Å². The van der Waals surface area contributed by atoms with Gasteiger partial charge < -0.3 is 20.6 Å². The van der Waals surface area contributed by atoms with Crippen molar-refractivity contribution in [3.63, 3.8) is 0 Å². The lowest BCUT2D eigenvalue weighted by Gasteiger charge is -2.28. The minimum absolute atomic E-state index is 0.159. The zero-order chi connectivity index (χ0) is 14.3. The smallest absolute Gasteiger partial charge is 0.231 e. The molecule has 0 radical (unpaired) electrons. The summed E-state index contributed by atoms with van der Waals surface area (Å²) in [6, 6.07) is 7.70. The fourth-order valence-electron chi connectivity index (χ4n) is 1.46. The normalized spacial score (nSPS) is 11.4. The molecule has 1 aromatic carbocycles. The van der Waals surface area contributed by atoms with E-state index in [1.807, 2.05) is 31.2 Å². The van der Waals surface area contributed by atoms with Crippen LogP contribution in [0.25, 0.3) is 0 Å². The molecule has 106 valence electrons. The molecule has 0 atom stereocenters. The van der Waals surface area contributed by atoms with Crippen molar-refractivity contribution in [1.82, 2.24) is 5.32 Å². The molecule has 0 spiro atoms. The molecule has 0 saturated heterocycles. The number of hydrogen-bond acceptors (Lipinski definition) is 5. The number of aryl methyl sites for hydroxylation is 1. The lowest BCUT2D eigenvalue weighted by molar-refractivity contribution is -0.122. The maximum absolute atomic E-state index is 11.8. The number of carbonyl (C=O) groups excluding carboxylic acids is 1. The van der Waals surface area contributed by atoms with Crippen molar-refractivity contribution in [3.8, 4) is 0 Å². The number of rotatable bonds is 7. The molecule has 0 bridgehead atoms. The number of benzene rings is 1. The second-order valence-corrected chi connectivity index (χ2v) is 5.37. The van der Waals surface area contributed by atoms with Gasteiger partial charge in [-0.3, -0.25) is 4.79 Å². The Hall–Kier alpha value is -1.08. The number of aliphatic hydroxyl groups excluding tert-OH is 3. The number of thioether (sulfide) groups is 1. The molecule has 0 heterocycles. The molecule has 0 saturated carbocycles. The number of carbonyl (C=O) groups is 1. The summed E-state index contributed by atoms with van der Waals surface area (Å²) in [7, 11) is 0. The van der Waals surface area contributed by atoms with Gasteiger partial charge in [-0.25, -0.2) is 0 Å². The van der Waals surface area contributed by atoms with Crippen LogP contribution in [-0.4, -0.2) is 52.3 Å². The lowest BCUT2D eigenvalue weighted by Crippen LogP contribution is -2.57. The summed E-state index contributed by atoms with van der Waals surface area (Å²) in [5, 5.41) is 29.8. The van der Waals surface area contributed by atoms with E-state index >= 15 is 0 Å². The van der Waals surface area contributed by atoms with Crippen molar-refractivity contribution in [2.45, 2.75) is 17.4 Å². The summed E-state index contributed by atoms with van der Waals surface area (Å²) in [5.74, 6) is -0.183. The zero-order valence-electron chi connectivity index (χ0n) is 10.8. The SMILES string of the molecule is Cc1ccccc1SCC(=O)NC(CO)(CO)CO. The van der Waals surface area contributed by atoms with Crippen LogP contribution in [0.2, 0.25) is 0 Å². The van der Waals surface area contributed by atoms with Crippen LogP contribution in [0.15, 0.2) is 29.2 Å². The lowest BCUT2D eigenvalue weighted by atomic mass is 10.0. The molecular formula is C13H19NO4S. The first-order valence-electron chi connectivity index (χ1n) is 5.89. The quantitative estimate of drug-likeness (QED) is 0.526. The second kappa shape index (κ2) is 7.49. The van der Waals surface area contributed by atoms with Gasteiger partial charge in [0.25, 0.3) is 0 Å². The highest BCUT2D eigenvalue weighted by atomic mass is 32.2. The van der Waals surface area contributed by atoms with Crippen molar-refractivity contribution >= 4 is 17.7 Å². The molecule has 0 aliphatic rings. The zero-order valence-corrected chi connectivity index (χ0v) is 11.6. The fourth-order valence-corrected chi connectivity index (χ4v) is 2.29. The highest BCUT2D eigenvalue weighted by Gasteiger charge is 2.29. The van der Waals surface area contributed by atoms with E-state index in [2.05, 4.69) is 5.32 Å². The van der Waals surface area contributed by atoms with Crippen LogP contribution in [0, 0.1) is 6.92 Å². The molecule has 0 aliphatic heterocycles. The van der Waals surface area contributed by atoms with Crippen LogP contribution in [0.4, 0.5) is 0 Å². The average molecular weight is 285 g/mol. The maximum atomic E-state index is 11.8. The van der Waals surface area contributed by atoms with Gasteiger partial charge in [0.1, 0.15) is 5.54 Å². The molecule has 19 heavy (non-hydrogen) atoms. The van der Waals surface area contributed by atoms with Crippen LogP contribution >= 0.6 is 11.8 Å². The second-order valence-electron chi connectivity index (χ2n) is 4.36. The summed E-state index contributed by atoms with van der Waals surface area (Å²) in [6.07, 6.45) is 0. The van der Waals surface area contributed by atoms with Crippen LogP contribution in [0.3, 0.4) is 0 Å². The summed E-state index contributed by atoms with van der Waals surface area (Å²) < 4.78 is 0. The molecule has 0 fully saturated rings. The van der Waals surface area contributed by atoms with E-state index in [0.717, 1.165) is 10.5 Å². The molecule has 5 nitrogen and oxygen atoms in total. The molecule has 0 aromatic heterocycles. The Morgan fingerprint density at radius 3 is 2.32 bits per heavy atom. The van der Waals surface area contributed by atoms with Crippen molar-refractivity contribution in [3.05, 3.63) is 29.8 Å². The Kier molecular flexibility index (Phi) is 6.30. The van der Waals surface area contributed by atoms with Crippen LogP contribution in [-0.2, 0) is 4.79 Å². The van der Waals surface area contributed by atoms with Gasteiger partial charge in [-0.15, -0.1) is 11.8 Å². The summed E-state index contributed by atoms with van der Waals surface area (Å²) in [5.41, 5.74) is -0.276. The van der Waals surface area contributed by atoms with Gasteiger partial charge in [0.15, 0.2) is 0 Å². The topological polar surface area (TPSA) is 89.8 Å². The van der Waals surface area contributed by atoms with Gasteiger partial charge in [-0.05, 0) is 18.6 Å². The first-order chi connectivity index (χ1) is 9.06. The predicted molar refractivity (Wildman–Crippen MR) is 74.0 cm³/mol. The minimum atomic E-state index is -1.36. The molecular weight excluding hydrogens is 266 g/mol. The Morgan fingerprint density at radius 1 is 1.21 bits per heavy atom. The monoisotopic (exact) mass is 285 g/mol. The van der Waals surface area contributed by atoms with Crippen molar-refractivity contribution < 1.29 is 20.1 Å². The van der Waals surface area contributed by atoms with E-state index < -0.39 is 25.4 Å². The van der Waals surface area contributed by atoms with E-state index in [4.69, 9.17) is 15.3 Å². The average Bonchev–Trinajstić information content (AvgIpc) is 2.44. The Bertz CT molecular complexity index is 413. The van der Waals surface area contributed by atoms with Gasteiger partial charge in [-0.1, -0.05) is 18.2 Å². The van der Waals surface area contributed by atoms with Gasteiger partial charge in [-0.2, -0.15) is 0 Å². The van der Waals surface area contributed by atoms with Crippen LogP contribution < -0.4 is 5.32 Å². The van der Waals surface area contributed by atoms with E-state index in [1.54, 1.807) is 0 Å². The summed E-state index contributed by atoms with van der Waals surface area (Å²) in [4.78, 5) is 12.8. The van der Waals surface area contributed by atoms with E-state index in [1.165, 1.54) is 11.8 Å². The van der Waals surface area contributed by atoms with Crippen molar-refractivity contribution in [2.75, 3.05) is 25.6 Å². The number of hydrogen-bond donors (Lipinski definition) is 4. The van der Waals surface area contributed by atoms with Crippen molar-refractivity contribution in [1.29, 1.82) is 0 Å². The molecule has 0 unspecified atom stereocenters. The first kappa shape index (κ1) is 16.0. The van der Waals surface area contributed by atoms with Crippen LogP contribution in [0.5, 0.6) is 0 Å². The summed E-state index contributed by atoms with van der Waals surface area (Å²) >= 11 is 1.37. The molecule has 0 aliphatic carbocycles. The number of aliphatic hydroxyl groups is 3. The number of amides is 1. The van der Waals surface area contributed by atoms with Gasteiger partial charge >= 0.3 is 0 Å². The highest BCUT2D eigenvalue weighted by molar-refractivity contribution is 8.00. The standard InChI is InChI=1S/C13H19NO4S/c1-10-4-2-3-5-11(10)19-6-12(18)14-13(7-15,8-16)9-17/h2-5,15-17H,6-9H2,1H3,(H,14,18).